The van der Waals surface area contributed by atoms with Crippen LogP contribution in [0.15, 0.2) is 59.6 Å². The minimum Gasteiger partial charge on any atom is -0.366 e. The van der Waals surface area contributed by atoms with Crippen LogP contribution in [-0.4, -0.2) is 33.3 Å². The van der Waals surface area contributed by atoms with Crippen molar-refractivity contribution in [3.63, 3.8) is 0 Å². The molecule has 1 saturated heterocycles. The van der Waals surface area contributed by atoms with Crippen molar-refractivity contribution in [3.05, 3.63) is 77.1 Å². The highest BCUT2D eigenvalue weighted by Gasteiger charge is 2.37. The van der Waals surface area contributed by atoms with Crippen molar-refractivity contribution in [3.8, 4) is 11.4 Å². The SMILES string of the molecule is NC(=O)/C(=C/c1ccnc(-c2cc(C(F)(F)F)cc(C(F)(F)F)c2)n1)c1cccc(SN2CCC2)c1. The first-order valence-corrected chi connectivity index (χ1v) is 11.4. The van der Waals surface area contributed by atoms with E-state index in [0.29, 0.717) is 17.7 Å². The number of hydrogen-bond donors (Lipinski definition) is 1. The molecule has 0 saturated carbocycles. The second-order valence-electron chi connectivity index (χ2n) is 7.92. The third-order valence-corrected chi connectivity index (χ3v) is 6.36. The topological polar surface area (TPSA) is 72.1 Å². The summed E-state index contributed by atoms with van der Waals surface area (Å²) in [5.41, 5.74) is 2.79. The molecule has 0 radical (unpaired) electrons. The Bertz CT molecular complexity index is 1290. The van der Waals surface area contributed by atoms with E-state index in [0.717, 1.165) is 24.4 Å². The molecule has 0 atom stereocenters. The molecule has 1 fully saturated rings. The van der Waals surface area contributed by atoms with E-state index < -0.39 is 35.0 Å². The van der Waals surface area contributed by atoms with Crippen LogP contribution in [0.5, 0.6) is 0 Å². The van der Waals surface area contributed by atoms with E-state index in [9.17, 15) is 31.1 Å². The fourth-order valence-corrected chi connectivity index (χ4v) is 4.43. The van der Waals surface area contributed by atoms with Gasteiger partial charge in [-0.3, -0.25) is 4.79 Å². The van der Waals surface area contributed by atoms with Gasteiger partial charge in [0.15, 0.2) is 5.82 Å². The van der Waals surface area contributed by atoms with Crippen LogP contribution in [0.25, 0.3) is 23.0 Å². The summed E-state index contributed by atoms with van der Waals surface area (Å²) in [4.78, 5) is 21.0. The molecular weight excluding hydrogens is 506 g/mol. The van der Waals surface area contributed by atoms with E-state index in [-0.39, 0.29) is 23.2 Å². The highest BCUT2D eigenvalue weighted by Crippen LogP contribution is 2.38. The average molecular weight is 524 g/mol. The Hall–Kier alpha value is -3.38. The molecule has 12 heteroatoms. The van der Waals surface area contributed by atoms with Gasteiger partial charge in [-0.05, 0) is 66.4 Å². The molecule has 2 heterocycles. The lowest BCUT2D eigenvalue weighted by atomic mass is 10.0. The predicted octanol–water partition coefficient (Wildman–Crippen LogP) is 5.92. The van der Waals surface area contributed by atoms with Crippen LogP contribution in [0.2, 0.25) is 0 Å². The van der Waals surface area contributed by atoms with Crippen molar-refractivity contribution >= 4 is 29.5 Å². The van der Waals surface area contributed by atoms with Gasteiger partial charge in [0.2, 0.25) is 5.91 Å². The van der Waals surface area contributed by atoms with Gasteiger partial charge < -0.3 is 5.73 Å². The Morgan fingerprint density at radius 2 is 1.64 bits per heavy atom. The highest BCUT2D eigenvalue weighted by atomic mass is 32.2. The summed E-state index contributed by atoms with van der Waals surface area (Å²) < 4.78 is 81.6. The molecular formula is C24H18F6N4OS. The fraction of sp³-hybridized carbons (Fsp3) is 0.208. The zero-order valence-electron chi connectivity index (χ0n) is 18.4. The van der Waals surface area contributed by atoms with Gasteiger partial charge in [0.1, 0.15) is 0 Å². The summed E-state index contributed by atoms with van der Waals surface area (Å²) in [5.74, 6) is -1.15. The van der Waals surface area contributed by atoms with E-state index in [1.807, 2.05) is 6.07 Å². The van der Waals surface area contributed by atoms with E-state index in [4.69, 9.17) is 5.73 Å². The molecule has 36 heavy (non-hydrogen) atoms. The maximum atomic E-state index is 13.2. The molecule has 4 rings (SSSR count). The first-order chi connectivity index (χ1) is 16.9. The Kier molecular flexibility index (Phi) is 7.10. The molecule has 2 aromatic carbocycles. The van der Waals surface area contributed by atoms with Gasteiger partial charge >= 0.3 is 12.4 Å². The number of benzene rings is 2. The molecule has 1 aromatic heterocycles. The van der Waals surface area contributed by atoms with Gasteiger partial charge in [-0.1, -0.05) is 12.1 Å². The number of carbonyl (C=O) groups excluding carboxylic acids is 1. The lowest BCUT2D eigenvalue weighted by molar-refractivity contribution is -0.143. The van der Waals surface area contributed by atoms with Gasteiger partial charge in [0.05, 0.1) is 16.8 Å². The van der Waals surface area contributed by atoms with Crippen LogP contribution >= 0.6 is 11.9 Å². The van der Waals surface area contributed by atoms with Crippen LogP contribution in [-0.2, 0) is 17.1 Å². The van der Waals surface area contributed by atoms with Crippen molar-refractivity contribution in [2.24, 2.45) is 5.73 Å². The number of alkyl halides is 6. The van der Waals surface area contributed by atoms with Crippen LogP contribution < -0.4 is 5.73 Å². The Morgan fingerprint density at radius 1 is 0.972 bits per heavy atom. The van der Waals surface area contributed by atoms with E-state index >= 15 is 0 Å². The minimum absolute atomic E-state index is 0.0314. The number of amides is 1. The number of aromatic nitrogens is 2. The summed E-state index contributed by atoms with van der Waals surface area (Å²) >= 11 is 1.53. The van der Waals surface area contributed by atoms with Gasteiger partial charge in [-0.2, -0.15) is 26.3 Å². The van der Waals surface area contributed by atoms with Crippen molar-refractivity contribution in [1.82, 2.24) is 14.3 Å². The maximum absolute atomic E-state index is 13.2. The van der Waals surface area contributed by atoms with Crippen LogP contribution in [0.1, 0.15) is 28.8 Å². The van der Waals surface area contributed by atoms with Crippen molar-refractivity contribution in [2.45, 2.75) is 23.7 Å². The molecule has 1 aliphatic rings. The van der Waals surface area contributed by atoms with E-state index in [1.54, 1.807) is 18.2 Å². The summed E-state index contributed by atoms with van der Waals surface area (Å²) in [5, 5.41) is 0. The maximum Gasteiger partial charge on any atom is 0.416 e. The fourth-order valence-electron chi connectivity index (χ4n) is 3.37. The number of rotatable bonds is 6. The Labute approximate surface area is 206 Å². The number of halogens is 6. The smallest absolute Gasteiger partial charge is 0.366 e. The first kappa shape index (κ1) is 25.7. The summed E-state index contributed by atoms with van der Waals surface area (Å²) in [6.07, 6.45) is -6.42. The van der Waals surface area contributed by atoms with E-state index in [2.05, 4.69) is 14.3 Å². The van der Waals surface area contributed by atoms with Gasteiger partial charge in [0.25, 0.3) is 0 Å². The van der Waals surface area contributed by atoms with Crippen LogP contribution in [0.3, 0.4) is 0 Å². The number of carbonyl (C=O) groups is 1. The Morgan fingerprint density at radius 3 is 2.19 bits per heavy atom. The predicted molar refractivity (Wildman–Crippen MR) is 123 cm³/mol. The third kappa shape index (κ3) is 6.05. The molecule has 1 amide bonds. The van der Waals surface area contributed by atoms with Crippen molar-refractivity contribution in [1.29, 1.82) is 0 Å². The average Bonchev–Trinajstić information content (AvgIpc) is 2.78. The molecule has 188 valence electrons. The lowest BCUT2D eigenvalue weighted by Gasteiger charge is -2.29. The van der Waals surface area contributed by atoms with Crippen LogP contribution in [0, 0.1) is 0 Å². The quantitative estimate of drug-likeness (QED) is 0.246. The Balaban J connectivity index is 1.73. The standard InChI is InChI=1S/C24H18F6N4OS/c25-23(26,27)16-9-15(10-17(12-16)24(28,29)30)22-32-6-5-18(33-22)13-20(21(31)35)14-3-1-4-19(11-14)36-34-7-2-8-34/h1,3-6,9-13H,2,7-8H2,(H2,31,35)/b20-13+. The second kappa shape index (κ2) is 9.94. The molecule has 3 aromatic rings. The monoisotopic (exact) mass is 524 g/mol. The largest absolute Gasteiger partial charge is 0.416 e. The molecule has 0 bridgehead atoms. The van der Waals surface area contributed by atoms with Crippen molar-refractivity contribution in [2.75, 3.05) is 13.1 Å². The normalized spacial score (nSPS) is 15.0. The van der Waals surface area contributed by atoms with Crippen LogP contribution in [0.4, 0.5) is 26.3 Å². The van der Waals surface area contributed by atoms with Gasteiger partial charge in [-0.25, -0.2) is 14.3 Å². The highest BCUT2D eigenvalue weighted by molar-refractivity contribution is 7.97. The molecule has 5 nitrogen and oxygen atoms in total. The second-order valence-corrected chi connectivity index (χ2v) is 9.09. The van der Waals surface area contributed by atoms with Gasteiger partial charge in [0, 0.05) is 35.3 Å². The molecule has 0 aliphatic carbocycles. The first-order valence-electron chi connectivity index (χ1n) is 10.6. The van der Waals surface area contributed by atoms with Gasteiger partial charge in [-0.15, -0.1) is 0 Å². The summed E-state index contributed by atoms with van der Waals surface area (Å²) in [6, 6.07) is 9.55. The summed E-state index contributed by atoms with van der Waals surface area (Å²) in [6.45, 7) is 1.89. The molecule has 0 unspecified atom stereocenters. The molecule has 1 aliphatic heterocycles. The third-order valence-electron chi connectivity index (χ3n) is 5.28. The summed E-state index contributed by atoms with van der Waals surface area (Å²) in [7, 11) is 0. The molecule has 2 N–H and O–H groups in total. The number of nitrogens with two attached hydrogens (primary N) is 1. The lowest BCUT2D eigenvalue weighted by Crippen LogP contribution is -2.30. The number of nitrogens with zero attached hydrogens (tertiary/aromatic N) is 3. The number of hydrogen-bond acceptors (Lipinski definition) is 5. The molecule has 0 spiro atoms. The van der Waals surface area contributed by atoms with E-state index in [1.165, 1.54) is 30.3 Å². The van der Waals surface area contributed by atoms with Crippen molar-refractivity contribution < 1.29 is 31.1 Å². The minimum atomic E-state index is -5.01. The zero-order valence-corrected chi connectivity index (χ0v) is 19.2. The zero-order chi connectivity index (χ0) is 26.1. The number of primary amides is 1.